The van der Waals surface area contributed by atoms with Crippen LogP contribution in [0.15, 0.2) is 50.1 Å². The van der Waals surface area contributed by atoms with Crippen LogP contribution in [-0.4, -0.2) is 37.5 Å². The van der Waals surface area contributed by atoms with Gasteiger partial charge in [0.25, 0.3) is 0 Å². The molecule has 0 radical (unpaired) electrons. The summed E-state index contributed by atoms with van der Waals surface area (Å²) in [5.41, 5.74) is -0.495. The van der Waals surface area contributed by atoms with Gasteiger partial charge in [-0.05, 0) is 58.5 Å². The van der Waals surface area contributed by atoms with Crippen LogP contribution in [0.5, 0.6) is 11.5 Å². The van der Waals surface area contributed by atoms with Crippen molar-refractivity contribution in [2.45, 2.75) is 39.7 Å². The third-order valence-electron chi connectivity index (χ3n) is 6.92. The van der Waals surface area contributed by atoms with E-state index in [0.29, 0.717) is 62.7 Å². The summed E-state index contributed by atoms with van der Waals surface area (Å²) in [7, 11) is 1.53. The molecule has 192 valence electrons. The first-order valence-corrected chi connectivity index (χ1v) is 12.7. The lowest BCUT2D eigenvalue weighted by molar-refractivity contribution is -0.185. The molecule has 1 N–H and O–H groups in total. The predicted octanol–water partition coefficient (Wildman–Crippen LogP) is 6.56. The van der Waals surface area contributed by atoms with Crippen LogP contribution in [0.4, 0.5) is 0 Å². The molecule has 0 atom stereocenters. The number of ether oxygens (including phenoxy) is 3. The van der Waals surface area contributed by atoms with Gasteiger partial charge in [0.15, 0.2) is 11.0 Å². The molecule has 1 fully saturated rings. The molecule has 1 aliphatic rings. The highest BCUT2D eigenvalue weighted by Gasteiger charge is 2.58. The van der Waals surface area contributed by atoms with Crippen LogP contribution in [-0.2, 0) is 9.53 Å². The fourth-order valence-electron chi connectivity index (χ4n) is 4.59. The predicted molar refractivity (Wildman–Crippen MR) is 141 cm³/mol. The molecular weight excluding hydrogens is 552 g/mol. The third-order valence-corrected chi connectivity index (χ3v) is 7.84. The molecule has 3 aromatic rings. The highest BCUT2D eigenvalue weighted by Crippen LogP contribution is 2.55. The Hall–Kier alpha value is -2.55. The van der Waals surface area contributed by atoms with Gasteiger partial charge in [-0.1, -0.05) is 38.4 Å². The second kappa shape index (κ2) is 10.1. The number of methoxy groups -OCH3 is 1. The summed E-state index contributed by atoms with van der Waals surface area (Å²) in [5.74, 6) is 0.524. The van der Waals surface area contributed by atoms with Crippen LogP contribution in [0.3, 0.4) is 0 Å². The van der Waals surface area contributed by atoms with Crippen molar-refractivity contribution in [2.24, 2.45) is 10.8 Å². The van der Waals surface area contributed by atoms with Crippen LogP contribution in [0, 0.1) is 10.8 Å². The summed E-state index contributed by atoms with van der Waals surface area (Å²) < 4.78 is 24.0. The quantitative estimate of drug-likeness (QED) is 0.302. The highest BCUT2D eigenvalue weighted by atomic mass is 79.9. The number of fused-ring (bicyclic) bond motifs is 1. The van der Waals surface area contributed by atoms with Crippen LogP contribution in [0.25, 0.3) is 22.3 Å². The monoisotopic (exact) mass is 578 g/mol. The summed E-state index contributed by atoms with van der Waals surface area (Å²) in [6.07, 6.45) is 0.841. The number of rotatable bonds is 8. The minimum absolute atomic E-state index is 0.115. The lowest BCUT2D eigenvalue weighted by Gasteiger charge is -2.52. The van der Waals surface area contributed by atoms with E-state index in [1.807, 2.05) is 20.8 Å². The van der Waals surface area contributed by atoms with Crippen LogP contribution < -0.4 is 14.9 Å². The number of carbonyl (C=O) groups is 1. The number of aliphatic carboxylic acids is 1. The largest absolute Gasteiger partial charge is 0.496 e. The minimum atomic E-state index is -0.776. The van der Waals surface area contributed by atoms with E-state index < -0.39 is 11.4 Å². The van der Waals surface area contributed by atoms with Gasteiger partial charge in [0.1, 0.15) is 23.9 Å². The van der Waals surface area contributed by atoms with E-state index in [0.717, 1.165) is 0 Å². The summed E-state index contributed by atoms with van der Waals surface area (Å²) in [6.45, 7) is 6.41. The lowest BCUT2D eigenvalue weighted by atomic mass is 9.54. The van der Waals surface area contributed by atoms with E-state index in [1.54, 1.807) is 30.3 Å². The average molecular weight is 580 g/mol. The smallest absolute Gasteiger partial charge is 0.310 e. The maximum atomic E-state index is 12.7. The van der Waals surface area contributed by atoms with Gasteiger partial charge < -0.3 is 23.7 Å². The Morgan fingerprint density at radius 2 is 1.92 bits per heavy atom. The third kappa shape index (κ3) is 4.86. The Morgan fingerprint density at radius 1 is 1.19 bits per heavy atom. The summed E-state index contributed by atoms with van der Waals surface area (Å²) >= 11 is 9.76. The van der Waals surface area contributed by atoms with E-state index in [1.165, 1.54) is 13.2 Å². The van der Waals surface area contributed by atoms with Crippen molar-refractivity contribution in [1.82, 2.24) is 0 Å². The van der Waals surface area contributed by atoms with Crippen LogP contribution in [0.2, 0.25) is 5.02 Å². The number of para-hydroxylation sites is 1. The van der Waals surface area contributed by atoms with Gasteiger partial charge in [0.05, 0.1) is 45.7 Å². The maximum absolute atomic E-state index is 12.7. The Kier molecular flexibility index (Phi) is 7.42. The molecule has 0 bridgehead atoms. The number of halogens is 2. The Morgan fingerprint density at radius 3 is 2.56 bits per heavy atom. The van der Waals surface area contributed by atoms with E-state index in [-0.39, 0.29) is 23.6 Å². The molecule has 9 heteroatoms. The van der Waals surface area contributed by atoms with Crippen LogP contribution >= 0.6 is 27.5 Å². The fraction of sp³-hybridized carbons (Fsp3) is 0.407. The second-order valence-corrected chi connectivity index (χ2v) is 11.2. The zero-order chi connectivity index (χ0) is 26.3. The topological polar surface area (TPSA) is 95.2 Å². The molecule has 4 rings (SSSR count). The van der Waals surface area contributed by atoms with E-state index in [4.69, 9.17) is 30.2 Å². The van der Waals surface area contributed by atoms with E-state index in [9.17, 15) is 14.7 Å². The normalized spacial score (nSPS) is 19.7. The number of carboxylic acids is 1. The number of hydrogen-bond donors (Lipinski definition) is 1. The van der Waals surface area contributed by atoms with Crippen molar-refractivity contribution >= 4 is 44.5 Å². The van der Waals surface area contributed by atoms with Crippen molar-refractivity contribution in [3.8, 4) is 22.8 Å². The van der Waals surface area contributed by atoms with Gasteiger partial charge >= 0.3 is 5.97 Å². The maximum Gasteiger partial charge on any atom is 0.310 e. The number of benzene rings is 2. The van der Waals surface area contributed by atoms with E-state index >= 15 is 0 Å². The molecule has 0 saturated heterocycles. The SMILES string of the molecule is COc1cc(Br)c(OCCOC2CC(C(=O)O)(C(C)(C)C)C2)cc1-c1cc(=O)c2cccc(Cl)c2o1. The van der Waals surface area contributed by atoms with Gasteiger partial charge in [-0.25, -0.2) is 0 Å². The zero-order valence-electron chi connectivity index (χ0n) is 20.5. The van der Waals surface area contributed by atoms with Crippen LogP contribution in [0.1, 0.15) is 33.6 Å². The second-order valence-electron chi connectivity index (χ2n) is 9.96. The van der Waals surface area contributed by atoms with E-state index in [2.05, 4.69) is 15.9 Å². The van der Waals surface area contributed by atoms with Gasteiger partial charge in [-0.2, -0.15) is 0 Å². The molecule has 0 unspecified atom stereocenters. The van der Waals surface area contributed by atoms with Crippen molar-refractivity contribution in [3.05, 3.63) is 56.1 Å². The lowest BCUT2D eigenvalue weighted by Crippen LogP contribution is -2.55. The molecule has 1 heterocycles. The zero-order valence-corrected chi connectivity index (χ0v) is 22.9. The van der Waals surface area contributed by atoms with Crippen molar-refractivity contribution < 1.29 is 28.5 Å². The first-order chi connectivity index (χ1) is 17.0. The summed E-state index contributed by atoms with van der Waals surface area (Å²) in [4.78, 5) is 24.5. The van der Waals surface area contributed by atoms with Gasteiger partial charge in [0, 0.05) is 6.07 Å². The van der Waals surface area contributed by atoms with Gasteiger partial charge in [-0.3, -0.25) is 9.59 Å². The molecule has 0 spiro atoms. The molecule has 7 nitrogen and oxygen atoms in total. The summed E-state index contributed by atoms with van der Waals surface area (Å²) in [6, 6.07) is 9.88. The fourth-order valence-corrected chi connectivity index (χ4v) is 5.24. The molecule has 36 heavy (non-hydrogen) atoms. The van der Waals surface area contributed by atoms with Crippen molar-refractivity contribution in [2.75, 3.05) is 20.3 Å². The molecule has 1 aromatic heterocycles. The summed E-state index contributed by atoms with van der Waals surface area (Å²) in [5, 5.41) is 10.4. The molecular formula is C27H28BrClO7. The minimum Gasteiger partial charge on any atom is -0.496 e. The molecule has 1 saturated carbocycles. The Labute approximate surface area is 222 Å². The number of carboxylic acid groups (broad SMARTS) is 1. The highest BCUT2D eigenvalue weighted by molar-refractivity contribution is 9.10. The van der Waals surface area contributed by atoms with Gasteiger partial charge in [0.2, 0.25) is 0 Å². The number of hydrogen-bond acceptors (Lipinski definition) is 6. The molecule has 2 aromatic carbocycles. The van der Waals surface area contributed by atoms with Gasteiger partial charge in [-0.15, -0.1) is 0 Å². The molecule has 0 amide bonds. The molecule has 0 aliphatic heterocycles. The Bertz CT molecular complexity index is 1350. The van der Waals surface area contributed by atoms with Crippen molar-refractivity contribution in [1.29, 1.82) is 0 Å². The standard InChI is InChI=1S/C27H28BrClO7/c1-26(2,3)27(25(31)32)13-15(14-27)34-8-9-35-23-10-17(21(33-4)11-18(23)28)22-12-20(30)16-6-5-7-19(29)24(16)36-22/h5-7,10-12,15H,8-9,13-14H2,1-4H3,(H,31,32). The van der Waals surface area contributed by atoms with Crippen molar-refractivity contribution in [3.63, 3.8) is 0 Å². The first-order valence-electron chi connectivity index (χ1n) is 11.5. The molecule has 1 aliphatic carbocycles. The average Bonchev–Trinajstić information content (AvgIpc) is 2.77. The Balaban J connectivity index is 1.48. The first kappa shape index (κ1) is 26.5.